The van der Waals surface area contributed by atoms with Gasteiger partial charge in [-0.1, -0.05) is 44.2 Å². The Hall–Kier alpha value is -0.780. The van der Waals surface area contributed by atoms with E-state index in [4.69, 9.17) is 5.73 Å². The van der Waals surface area contributed by atoms with Gasteiger partial charge in [-0.15, -0.1) is 24.0 Å². The van der Waals surface area contributed by atoms with Gasteiger partial charge in [0.1, 0.15) is 0 Å². The summed E-state index contributed by atoms with van der Waals surface area (Å²) in [6, 6.07) is 10.3. The highest BCUT2D eigenvalue weighted by Gasteiger charge is 1.95. The topological polar surface area (TPSA) is 50.4 Å². The molecule has 0 aliphatic rings. The smallest absolute Gasteiger partial charge is 0.188 e. The average Bonchev–Trinajstić information content (AvgIpc) is 2.28. The van der Waals surface area contributed by atoms with E-state index in [0.717, 1.165) is 19.5 Å². The molecule has 0 spiro atoms. The fourth-order valence-electron chi connectivity index (χ4n) is 1.32. The summed E-state index contributed by atoms with van der Waals surface area (Å²) in [7, 11) is 0. The summed E-state index contributed by atoms with van der Waals surface area (Å²) in [5.41, 5.74) is 7.04. The molecule has 1 rings (SSSR count). The van der Waals surface area contributed by atoms with Crippen LogP contribution in [-0.2, 0) is 6.42 Å². The Morgan fingerprint density at radius 1 is 1.29 bits per heavy atom. The molecule has 4 heteroatoms. The summed E-state index contributed by atoms with van der Waals surface area (Å²) >= 11 is 0. The summed E-state index contributed by atoms with van der Waals surface area (Å²) in [6.07, 6.45) is 0.971. The van der Waals surface area contributed by atoms with Crippen molar-refractivity contribution < 1.29 is 0 Å². The highest BCUT2D eigenvalue weighted by molar-refractivity contribution is 14.0. The average molecular weight is 347 g/mol. The minimum Gasteiger partial charge on any atom is -0.370 e. The number of rotatable bonds is 5. The molecule has 1 aromatic carbocycles. The number of nitrogens with one attached hydrogen (secondary N) is 1. The van der Waals surface area contributed by atoms with Gasteiger partial charge in [-0.25, -0.2) is 0 Å². The molecule has 0 aliphatic heterocycles. The quantitative estimate of drug-likeness (QED) is 0.488. The highest BCUT2D eigenvalue weighted by Crippen LogP contribution is 1.98. The van der Waals surface area contributed by atoms with Crippen LogP contribution >= 0.6 is 24.0 Å². The van der Waals surface area contributed by atoms with E-state index in [9.17, 15) is 0 Å². The van der Waals surface area contributed by atoms with E-state index >= 15 is 0 Å². The summed E-state index contributed by atoms with van der Waals surface area (Å²) in [5, 5.41) is 3.11. The van der Waals surface area contributed by atoms with Crippen molar-refractivity contribution in [3.05, 3.63) is 35.9 Å². The lowest BCUT2D eigenvalue weighted by molar-refractivity contribution is 0.661. The highest BCUT2D eigenvalue weighted by atomic mass is 127. The van der Waals surface area contributed by atoms with Crippen LogP contribution in [0.5, 0.6) is 0 Å². The number of guanidine groups is 1. The lowest BCUT2D eigenvalue weighted by Gasteiger charge is -2.06. The summed E-state index contributed by atoms with van der Waals surface area (Å²) in [5.74, 6) is 1.10. The third-order valence-corrected chi connectivity index (χ3v) is 2.19. The first-order valence-electron chi connectivity index (χ1n) is 5.76. The van der Waals surface area contributed by atoms with Gasteiger partial charge in [-0.3, -0.25) is 4.99 Å². The zero-order valence-corrected chi connectivity index (χ0v) is 12.8. The Morgan fingerprint density at radius 3 is 2.53 bits per heavy atom. The molecule has 0 aromatic heterocycles. The van der Waals surface area contributed by atoms with Crippen LogP contribution in [0, 0.1) is 5.92 Å². The second kappa shape index (κ2) is 9.27. The van der Waals surface area contributed by atoms with Crippen molar-refractivity contribution in [1.82, 2.24) is 5.32 Å². The molecule has 3 N–H and O–H groups in total. The summed E-state index contributed by atoms with van der Waals surface area (Å²) < 4.78 is 0. The number of hydrogen-bond donors (Lipinski definition) is 2. The molecule has 3 nitrogen and oxygen atoms in total. The number of nitrogens with two attached hydrogens (primary N) is 1. The third-order valence-electron chi connectivity index (χ3n) is 2.19. The van der Waals surface area contributed by atoms with Crippen molar-refractivity contribution in [2.75, 3.05) is 13.1 Å². The lowest BCUT2D eigenvalue weighted by atomic mass is 10.1. The monoisotopic (exact) mass is 347 g/mol. The van der Waals surface area contributed by atoms with Crippen LogP contribution in [0.3, 0.4) is 0 Å². The van der Waals surface area contributed by atoms with Crippen molar-refractivity contribution >= 4 is 29.9 Å². The minimum atomic E-state index is 0. The van der Waals surface area contributed by atoms with Crippen LogP contribution in [0.25, 0.3) is 0 Å². The number of aliphatic imine (C=N–C) groups is 1. The Bertz CT molecular complexity index is 323. The van der Waals surface area contributed by atoms with Gasteiger partial charge >= 0.3 is 0 Å². The predicted molar refractivity (Wildman–Crippen MR) is 84.9 cm³/mol. The molecule has 0 aliphatic carbocycles. The molecule has 0 saturated carbocycles. The number of nitrogens with zero attached hydrogens (tertiary/aromatic N) is 1. The number of halogens is 1. The molecule has 1 aromatic rings. The van der Waals surface area contributed by atoms with E-state index < -0.39 is 0 Å². The van der Waals surface area contributed by atoms with Gasteiger partial charge in [0.25, 0.3) is 0 Å². The van der Waals surface area contributed by atoms with Gasteiger partial charge in [0, 0.05) is 13.1 Å². The third kappa shape index (κ3) is 8.01. The van der Waals surface area contributed by atoms with Crippen LogP contribution < -0.4 is 11.1 Å². The molecule has 0 saturated heterocycles. The van der Waals surface area contributed by atoms with Crippen LogP contribution in [0.4, 0.5) is 0 Å². The van der Waals surface area contributed by atoms with Crippen molar-refractivity contribution in [3.63, 3.8) is 0 Å². The maximum atomic E-state index is 5.73. The first-order chi connectivity index (χ1) is 7.68. The zero-order valence-electron chi connectivity index (χ0n) is 10.5. The van der Waals surface area contributed by atoms with Crippen LogP contribution in [-0.4, -0.2) is 19.0 Å². The van der Waals surface area contributed by atoms with E-state index in [2.05, 4.69) is 36.3 Å². The van der Waals surface area contributed by atoms with E-state index in [1.165, 1.54) is 5.56 Å². The normalized spacial score (nSPS) is 11.1. The Labute approximate surface area is 121 Å². The maximum absolute atomic E-state index is 5.73. The number of hydrogen-bond acceptors (Lipinski definition) is 1. The second-order valence-electron chi connectivity index (χ2n) is 4.28. The number of benzene rings is 1. The molecular weight excluding hydrogens is 325 g/mol. The SMILES string of the molecule is CC(C)CN=C(N)NCCc1ccccc1.I. The molecule has 0 fully saturated rings. The van der Waals surface area contributed by atoms with Crippen molar-refractivity contribution in [3.8, 4) is 0 Å². The molecular formula is C13H22IN3. The Kier molecular flexibility index (Phi) is 8.85. The van der Waals surface area contributed by atoms with Crippen molar-refractivity contribution in [2.24, 2.45) is 16.6 Å². The van der Waals surface area contributed by atoms with Gasteiger partial charge in [-0.05, 0) is 17.9 Å². The van der Waals surface area contributed by atoms with Crippen LogP contribution in [0.2, 0.25) is 0 Å². The lowest BCUT2D eigenvalue weighted by Crippen LogP contribution is -2.33. The fourth-order valence-corrected chi connectivity index (χ4v) is 1.32. The van der Waals surface area contributed by atoms with Crippen molar-refractivity contribution in [1.29, 1.82) is 0 Å². The maximum Gasteiger partial charge on any atom is 0.188 e. The first-order valence-corrected chi connectivity index (χ1v) is 5.76. The fraction of sp³-hybridized carbons (Fsp3) is 0.462. The van der Waals surface area contributed by atoms with E-state index in [1.54, 1.807) is 0 Å². The molecule has 0 unspecified atom stereocenters. The van der Waals surface area contributed by atoms with Gasteiger partial charge in [-0.2, -0.15) is 0 Å². The second-order valence-corrected chi connectivity index (χ2v) is 4.28. The van der Waals surface area contributed by atoms with Gasteiger partial charge in [0.15, 0.2) is 5.96 Å². The largest absolute Gasteiger partial charge is 0.370 e. The van der Waals surface area contributed by atoms with Gasteiger partial charge in [0.05, 0.1) is 0 Å². The molecule has 0 bridgehead atoms. The standard InChI is InChI=1S/C13H21N3.HI/c1-11(2)10-16-13(14)15-9-8-12-6-4-3-5-7-12;/h3-7,11H,8-10H2,1-2H3,(H3,14,15,16);1H. The van der Waals surface area contributed by atoms with Crippen molar-refractivity contribution in [2.45, 2.75) is 20.3 Å². The minimum absolute atomic E-state index is 0. The van der Waals surface area contributed by atoms with Crippen LogP contribution in [0.15, 0.2) is 35.3 Å². The Balaban J connectivity index is 0.00000256. The molecule has 0 atom stereocenters. The predicted octanol–water partition coefficient (Wildman–Crippen LogP) is 2.41. The van der Waals surface area contributed by atoms with E-state index in [0.29, 0.717) is 11.9 Å². The summed E-state index contributed by atoms with van der Waals surface area (Å²) in [4.78, 5) is 4.24. The molecule has 0 radical (unpaired) electrons. The van der Waals surface area contributed by atoms with E-state index in [1.807, 2.05) is 18.2 Å². The van der Waals surface area contributed by atoms with E-state index in [-0.39, 0.29) is 24.0 Å². The first kappa shape index (κ1) is 16.2. The molecule has 96 valence electrons. The molecule has 17 heavy (non-hydrogen) atoms. The molecule has 0 heterocycles. The summed E-state index contributed by atoms with van der Waals surface area (Å²) in [6.45, 7) is 5.86. The Morgan fingerprint density at radius 2 is 1.94 bits per heavy atom. The zero-order chi connectivity index (χ0) is 11.8. The molecule has 0 amide bonds. The van der Waals surface area contributed by atoms with Gasteiger partial charge < -0.3 is 11.1 Å². The van der Waals surface area contributed by atoms with Gasteiger partial charge in [0.2, 0.25) is 0 Å². The van der Waals surface area contributed by atoms with Crippen LogP contribution in [0.1, 0.15) is 19.4 Å².